The molecule has 7 heavy (non-hydrogen) atoms. The van der Waals surface area contributed by atoms with E-state index in [2.05, 4.69) is 9.47 Å². The summed E-state index contributed by atoms with van der Waals surface area (Å²) in [6.45, 7) is 2.20. The molecule has 1 heterocycles. The van der Waals surface area contributed by atoms with Crippen molar-refractivity contribution in [2.75, 3.05) is 0 Å². The largest absolute Gasteiger partial charge is 0.346 e. The van der Waals surface area contributed by atoms with Gasteiger partial charge in [0, 0.05) is 0 Å². The van der Waals surface area contributed by atoms with Crippen molar-refractivity contribution in [3.63, 3.8) is 0 Å². The van der Waals surface area contributed by atoms with Gasteiger partial charge < -0.3 is 14.6 Å². The SMILES string of the molecule is CC1[CH]OC(O)O1. The summed E-state index contributed by atoms with van der Waals surface area (Å²) in [5, 5.41) is 8.42. The molecular formula is C4H7O3. The van der Waals surface area contributed by atoms with E-state index in [0.717, 1.165) is 0 Å². The minimum absolute atomic E-state index is 0.0741. The minimum atomic E-state index is -1.03. The standard InChI is InChI=1S/C4H7O3/c1-3-2-6-4(5)7-3/h2-5H,1H3. The Labute approximate surface area is 41.8 Å². The van der Waals surface area contributed by atoms with Gasteiger partial charge in [-0.25, -0.2) is 0 Å². The summed E-state index contributed by atoms with van der Waals surface area (Å²) >= 11 is 0. The molecule has 1 radical (unpaired) electrons. The second-order valence-corrected chi connectivity index (χ2v) is 1.42. The van der Waals surface area contributed by atoms with Gasteiger partial charge in [-0.2, -0.15) is 0 Å². The molecule has 41 valence electrons. The lowest BCUT2D eigenvalue weighted by molar-refractivity contribution is -0.198. The van der Waals surface area contributed by atoms with Gasteiger partial charge in [-0.3, -0.25) is 0 Å². The lowest BCUT2D eigenvalue weighted by atomic mass is 10.5. The Kier molecular flexibility index (Phi) is 1.27. The van der Waals surface area contributed by atoms with Crippen LogP contribution in [0.3, 0.4) is 0 Å². The monoisotopic (exact) mass is 103 g/mol. The van der Waals surface area contributed by atoms with Crippen LogP contribution in [-0.2, 0) is 9.47 Å². The van der Waals surface area contributed by atoms with E-state index >= 15 is 0 Å². The summed E-state index contributed by atoms with van der Waals surface area (Å²) in [7, 11) is 0. The number of ether oxygens (including phenoxy) is 2. The Morgan fingerprint density at radius 2 is 2.43 bits per heavy atom. The van der Waals surface area contributed by atoms with Crippen LogP contribution in [0.4, 0.5) is 0 Å². The summed E-state index contributed by atoms with van der Waals surface area (Å²) in [5.74, 6) is 0. The van der Waals surface area contributed by atoms with Crippen LogP contribution in [0.5, 0.6) is 0 Å². The van der Waals surface area contributed by atoms with E-state index in [0.29, 0.717) is 0 Å². The summed E-state index contributed by atoms with van der Waals surface area (Å²) in [5.41, 5.74) is 0. The van der Waals surface area contributed by atoms with Gasteiger partial charge in [0.1, 0.15) is 6.61 Å². The molecule has 2 unspecified atom stereocenters. The van der Waals surface area contributed by atoms with Gasteiger partial charge in [-0.15, -0.1) is 0 Å². The van der Waals surface area contributed by atoms with E-state index in [9.17, 15) is 0 Å². The lowest BCUT2D eigenvalue weighted by Crippen LogP contribution is -2.06. The molecule has 1 saturated heterocycles. The van der Waals surface area contributed by atoms with E-state index in [1.54, 1.807) is 6.92 Å². The van der Waals surface area contributed by atoms with E-state index in [-0.39, 0.29) is 6.10 Å². The van der Waals surface area contributed by atoms with Crippen LogP contribution in [0.2, 0.25) is 0 Å². The summed E-state index contributed by atoms with van der Waals surface area (Å²) in [6, 6.07) is 0. The molecule has 1 aliphatic heterocycles. The van der Waals surface area contributed by atoms with Crippen molar-refractivity contribution in [1.29, 1.82) is 0 Å². The third-order valence-electron chi connectivity index (χ3n) is 0.718. The molecule has 2 atom stereocenters. The molecule has 3 heteroatoms. The molecule has 0 amide bonds. The first kappa shape index (κ1) is 5.03. The lowest BCUT2D eigenvalue weighted by Gasteiger charge is -1.97. The third-order valence-corrected chi connectivity index (χ3v) is 0.718. The van der Waals surface area contributed by atoms with Gasteiger partial charge in [-0.1, -0.05) is 0 Å². The van der Waals surface area contributed by atoms with Crippen molar-refractivity contribution in [2.45, 2.75) is 19.5 Å². The molecule has 0 bridgehead atoms. The highest BCUT2D eigenvalue weighted by Gasteiger charge is 2.19. The summed E-state index contributed by atoms with van der Waals surface area (Å²) < 4.78 is 9.11. The number of aliphatic hydroxyl groups is 1. The van der Waals surface area contributed by atoms with Crippen molar-refractivity contribution in [2.24, 2.45) is 0 Å². The van der Waals surface area contributed by atoms with Crippen molar-refractivity contribution >= 4 is 0 Å². The second kappa shape index (κ2) is 1.78. The number of hydrogen-bond donors (Lipinski definition) is 1. The molecular weight excluding hydrogens is 96.0 g/mol. The number of rotatable bonds is 0. The molecule has 3 nitrogen and oxygen atoms in total. The van der Waals surface area contributed by atoms with Crippen molar-refractivity contribution < 1.29 is 14.6 Å². The van der Waals surface area contributed by atoms with Gasteiger partial charge in [0.2, 0.25) is 0 Å². The van der Waals surface area contributed by atoms with E-state index in [1.807, 2.05) is 0 Å². The zero-order valence-corrected chi connectivity index (χ0v) is 4.00. The molecule has 0 spiro atoms. The van der Waals surface area contributed by atoms with Crippen LogP contribution in [-0.4, -0.2) is 17.7 Å². The molecule has 1 rings (SSSR count). The van der Waals surface area contributed by atoms with Crippen LogP contribution in [0.1, 0.15) is 6.92 Å². The number of hydrogen-bond acceptors (Lipinski definition) is 3. The molecule has 1 fully saturated rings. The average molecular weight is 103 g/mol. The predicted octanol–water partition coefficient (Wildman–Crippen LogP) is -0.141. The first-order chi connectivity index (χ1) is 3.29. The molecule has 1 aliphatic rings. The van der Waals surface area contributed by atoms with Crippen molar-refractivity contribution in [3.8, 4) is 0 Å². The fourth-order valence-electron chi connectivity index (χ4n) is 0.426. The molecule has 0 aliphatic carbocycles. The minimum Gasteiger partial charge on any atom is -0.346 e. The highest BCUT2D eigenvalue weighted by atomic mass is 16.8. The van der Waals surface area contributed by atoms with E-state index in [1.165, 1.54) is 6.61 Å². The highest BCUT2D eigenvalue weighted by molar-refractivity contribution is 4.65. The maximum absolute atomic E-state index is 8.42. The fourth-order valence-corrected chi connectivity index (χ4v) is 0.426. The number of aliphatic hydroxyl groups excluding tert-OH is 1. The van der Waals surface area contributed by atoms with Gasteiger partial charge >= 0.3 is 0 Å². The normalized spacial score (nSPS) is 42.0. The van der Waals surface area contributed by atoms with Gasteiger partial charge in [0.05, 0.1) is 6.10 Å². The van der Waals surface area contributed by atoms with Gasteiger partial charge in [0.15, 0.2) is 0 Å². The third kappa shape index (κ3) is 1.12. The van der Waals surface area contributed by atoms with E-state index in [4.69, 9.17) is 5.11 Å². The van der Waals surface area contributed by atoms with Gasteiger partial charge in [-0.05, 0) is 6.92 Å². The van der Waals surface area contributed by atoms with Gasteiger partial charge in [0.25, 0.3) is 6.48 Å². The predicted molar refractivity (Wildman–Crippen MR) is 21.9 cm³/mol. The first-order valence-corrected chi connectivity index (χ1v) is 2.11. The summed E-state index contributed by atoms with van der Waals surface area (Å²) in [4.78, 5) is 0. The van der Waals surface area contributed by atoms with Crippen LogP contribution >= 0.6 is 0 Å². The fraction of sp³-hybridized carbons (Fsp3) is 0.750. The zero-order valence-electron chi connectivity index (χ0n) is 4.00. The van der Waals surface area contributed by atoms with Crippen molar-refractivity contribution in [3.05, 3.63) is 6.61 Å². The Morgan fingerprint density at radius 3 is 2.57 bits per heavy atom. The van der Waals surface area contributed by atoms with Crippen LogP contribution < -0.4 is 0 Å². The molecule has 0 saturated carbocycles. The average Bonchev–Trinajstić information content (AvgIpc) is 1.87. The first-order valence-electron chi connectivity index (χ1n) is 2.11. The molecule has 0 aromatic rings. The van der Waals surface area contributed by atoms with Crippen LogP contribution in [0.25, 0.3) is 0 Å². The van der Waals surface area contributed by atoms with E-state index < -0.39 is 6.48 Å². The molecule has 1 N–H and O–H groups in total. The van der Waals surface area contributed by atoms with Crippen LogP contribution in [0.15, 0.2) is 0 Å². The van der Waals surface area contributed by atoms with Crippen molar-refractivity contribution in [1.82, 2.24) is 0 Å². The highest BCUT2D eigenvalue weighted by Crippen LogP contribution is 2.10. The Morgan fingerprint density at radius 1 is 1.71 bits per heavy atom. The maximum Gasteiger partial charge on any atom is 0.269 e. The Balaban J connectivity index is 2.26. The molecule has 0 aromatic heterocycles. The smallest absolute Gasteiger partial charge is 0.269 e. The van der Waals surface area contributed by atoms with Crippen LogP contribution in [0, 0.1) is 6.61 Å². The summed E-state index contributed by atoms with van der Waals surface area (Å²) in [6.07, 6.45) is -0.0741. The topological polar surface area (TPSA) is 38.7 Å². The quantitative estimate of drug-likeness (QED) is 0.463. The Bertz CT molecular complexity index is 56.0. The second-order valence-electron chi connectivity index (χ2n) is 1.42. The maximum atomic E-state index is 8.42. The Hall–Kier alpha value is -0.120. The molecule has 0 aromatic carbocycles. The zero-order chi connectivity index (χ0) is 5.28.